The van der Waals surface area contributed by atoms with Crippen LogP contribution in [0.1, 0.15) is 64.4 Å². The zero-order valence-corrected chi connectivity index (χ0v) is 26.4. The zero-order chi connectivity index (χ0) is 29.6. The van der Waals surface area contributed by atoms with Crippen LogP contribution in [0.15, 0.2) is 126 Å². The molecule has 0 saturated heterocycles. The van der Waals surface area contributed by atoms with Gasteiger partial charge in [0, 0.05) is 11.8 Å². The Morgan fingerprint density at radius 2 is 1.50 bits per heavy atom. The molecule has 2 aromatic carbocycles. The van der Waals surface area contributed by atoms with Crippen molar-refractivity contribution < 1.29 is 0 Å². The van der Waals surface area contributed by atoms with Crippen LogP contribution >= 0.6 is 0 Å². The molecule has 0 aliphatic heterocycles. The van der Waals surface area contributed by atoms with E-state index in [1.807, 2.05) is 0 Å². The average Bonchev–Trinajstić information content (AvgIpc) is 3.06. The fourth-order valence-corrected chi connectivity index (χ4v) is 8.80. The molecule has 3 atom stereocenters. The van der Waals surface area contributed by atoms with Gasteiger partial charge in [0.05, 0.1) is 0 Å². The van der Waals surface area contributed by atoms with Crippen molar-refractivity contribution in [2.24, 2.45) is 23.7 Å². The molecule has 0 N–H and O–H groups in total. The Kier molecular flexibility index (Phi) is 7.25. The highest BCUT2D eigenvalue weighted by atomic mass is 14.4. The van der Waals surface area contributed by atoms with Crippen LogP contribution in [0.3, 0.4) is 0 Å². The molecule has 0 radical (unpaired) electrons. The van der Waals surface area contributed by atoms with Gasteiger partial charge in [0.15, 0.2) is 0 Å². The second-order valence-corrected chi connectivity index (χ2v) is 14.1. The first-order valence-electron chi connectivity index (χ1n) is 17.1. The SMILES string of the molecule is CC(C)Cc1ccc2c(c1)=C(C1=CC=C3C=CCCC3C1)C1C=CC=CC1C=2C1=CC=C(C2=c3ccccc3=CCC2)CC1. The minimum atomic E-state index is 0.384. The Morgan fingerprint density at radius 1 is 0.727 bits per heavy atom. The van der Waals surface area contributed by atoms with E-state index in [-0.39, 0.29) is 0 Å². The van der Waals surface area contributed by atoms with E-state index >= 15 is 0 Å². The summed E-state index contributed by atoms with van der Waals surface area (Å²) in [5.41, 5.74) is 12.4. The highest BCUT2D eigenvalue weighted by Crippen LogP contribution is 2.46. The summed E-state index contributed by atoms with van der Waals surface area (Å²) >= 11 is 0. The monoisotopic (exact) mass is 572 g/mol. The van der Waals surface area contributed by atoms with Crippen LogP contribution in [0, 0.1) is 23.7 Å². The van der Waals surface area contributed by atoms with Gasteiger partial charge in [-0.05, 0) is 129 Å². The summed E-state index contributed by atoms with van der Waals surface area (Å²) in [6.07, 6.45) is 35.9. The van der Waals surface area contributed by atoms with Gasteiger partial charge in [-0.2, -0.15) is 0 Å². The largest absolute Gasteiger partial charge is 0.0842 e. The second-order valence-electron chi connectivity index (χ2n) is 14.1. The van der Waals surface area contributed by atoms with Crippen molar-refractivity contribution in [3.63, 3.8) is 0 Å². The minimum absolute atomic E-state index is 0.384. The van der Waals surface area contributed by atoms with Gasteiger partial charge in [0.25, 0.3) is 0 Å². The Bertz CT molecular complexity index is 1990. The maximum absolute atomic E-state index is 2.57. The van der Waals surface area contributed by atoms with E-state index in [1.165, 1.54) is 62.4 Å². The average molecular weight is 573 g/mol. The predicted molar refractivity (Wildman–Crippen MR) is 187 cm³/mol. The molecule has 0 fully saturated rings. The van der Waals surface area contributed by atoms with Crippen LogP contribution in [0.2, 0.25) is 0 Å². The van der Waals surface area contributed by atoms with E-state index in [1.54, 1.807) is 22.3 Å². The van der Waals surface area contributed by atoms with Crippen molar-refractivity contribution >= 4 is 22.8 Å². The van der Waals surface area contributed by atoms with Crippen LogP contribution in [0.4, 0.5) is 0 Å². The summed E-state index contributed by atoms with van der Waals surface area (Å²) in [5, 5.41) is 5.82. The van der Waals surface area contributed by atoms with Crippen molar-refractivity contribution in [3.8, 4) is 0 Å². The van der Waals surface area contributed by atoms with Gasteiger partial charge in [0.1, 0.15) is 0 Å². The molecule has 0 amide bonds. The molecule has 44 heavy (non-hydrogen) atoms. The third-order valence-electron chi connectivity index (χ3n) is 10.8. The van der Waals surface area contributed by atoms with E-state index in [2.05, 4.69) is 123 Å². The maximum Gasteiger partial charge on any atom is 0.0134 e. The van der Waals surface area contributed by atoms with Gasteiger partial charge in [-0.25, -0.2) is 0 Å². The van der Waals surface area contributed by atoms with E-state index in [4.69, 9.17) is 0 Å². The lowest BCUT2D eigenvalue weighted by atomic mass is 9.66. The second kappa shape index (κ2) is 11.6. The van der Waals surface area contributed by atoms with Gasteiger partial charge in [-0.3, -0.25) is 0 Å². The molecule has 0 spiro atoms. The van der Waals surface area contributed by atoms with Crippen LogP contribution in [-0.4, -0.2) is 0 Å². The molecule has 0 nitrogen and oxygen atoms in total. The number of hydrogen-bond donors (Lipinski definition) is 0. The highest BCUT2D eigenvalue weighted by Gasteiger charge is 2.35. The van der Waals surface area contributed by atoms with Crippen molar-refractivity contribution in [1.29, 1.82) is 0 Å². The van der Waals surface area contributed by atoms with Gasteiger partial charge in [-0.15, -0.1) is 0 Å². The Labute approximate surface area is 263 Å². The normalized spacial score (nSPS) is 25.2. The quantitative estimate of drug-likeness (QED) is 0.342. The Hall–Kier alpha value is -3.90. The standard InChI is InChI=1S/C44H44/c1-29(2)26-30-18-25-41-42(27-30)44(36-24-19-31-10-3-4-12-35(31)28-36)40-16-8-7-15-39(40)43(41)34-22-20-33(21-23-34)38-17-9-13-32-11-5-6-14-37(32)38/h3,5-8,10-11,13-16,18-20,22,24-25,27,29,35,39-40H,4,9,12,17,21,23,26,28H2,1-2H3. The number of rotatable bonds is 5. The van der Waals surface area contributed by atoms with Crippen LogP contribution in [-0.2, 0) is 6.42 Å². The van der Waals surface area contributed by atoms with Crippen LogP contribution < -0.4 is 20.9 Å². The molecule has 2 aromatic rings. The molecule has 0 saturated carbocycles. The van der Waals surface area contributed by atoms with Gasteiger partial charge < -0.3 is 0 Å². The van der Waals surface area contributed by atoms with Gasteiger partial charge >= 0.3 is 0 Å². The highest BCUT2D eigenvalue weighted by molar-refractivity contribution is 5.82. The number of hydrogen-bond acceptors (Lipinski definition) is 0. The number of benzene rings is 2. The molecule has 8 rings (SSSR count). The maximum atomic E-state index is 2.57. The predicted octanol–water partition coefficient (Wildman–Crippen LogP) is 7.85. The molecule has 6 aliphatic carbocycles. The van der Waals surface area contributed by atoms with E-state index in [0.717, 1.165) is 32.1 Å². The van der Waals surface area contributed by atoms with Crippen LogP contribution in [0.25, 0.3) is 22.8 Å². The Balaban J connectivity index is 1.32. The van der Waals surface area contributed by atoms with Crippen molar-refractivity contribution in [2.45, 2.75) is 65.2 Å². The molecule has 220 valence electrons. The third kappa shape index (κ3) is 4.93. The number of fused-ring (bicyclic) bond motifs is 4. The summed E-state index contributed by atoms with van der Waals surface area (Å²) in [6.45, 7) is 4.69. The molecular weight excluding hydrogens is 528 g/mol. The zero-order valence-electron chi connectivity index (χ0n) is 26.4. The summed E-state index contributed by atoms with van der Waals surface area (Å²) in [4.78, 5) is 0. The first-order valence-corrected chi connectivity index (χ1v) is 17.1. The fraction of sp³-hybridized carbons (Fsp3) is 0.318. The lowest BCUT2D eigenvalue weighted by Crippen LogP contribution is -2.41. The first kappa shape index (κ1) is 27.6. The van der Waals surface area contributed by atoms with Gasteiger partial charge in [-0.1, -0.05) is 123 Å². The molecule has 0 heterocycles. The molecule has 0 heteroatoms. The lowest BCUT2D eigenvalue weighted by Gasteiger charge is -2.37. The summed E-state index contributed by atoms with van der Waals surface area (Å²) < 4.78 is 0. The van der Waals surface area contributed by atoms with E-state index < -0.39 is 0 Å². The third-order valence-corrected chi connectivity index (χ3v) is 10.8. The van der Waals surface area contributed by atoms with E-state index in [9.17, 15) is 0 Å². The minimum Gasteiger partial charge on any atom is -0.0842 e. The van der Waals surface area contributed by atoms with Crippen molar-refractivity contribution in [2.75, 3.05) is 0 Å². The molecule has 0 bridgehead atoms. The molecule has 6 aliphatic rings. The smallest absolute Gasteiger partial charge is 0.0134 e. The van der Waals surface area contributed by atoms with Crippen molar-refractivity contribution in [1.82, 2.24) is 0 Å². The lowest BCUT2D eigenvalue weighted by molar-refractivity contribution is 0.551. The van der Waals surface area contributed by atoms with E-state index in [0.29, 0.717) is 23.7 Å². The summed E-state index contributed by atoms with van der Waals surface area (Å²) in [7, 11) is 0. The number of allylic oxidation sites excluding steroid dienone is 14. The molecule has 3 unspecified atom stereocenters. The van der Waals surface area contributed by atoms with Crippen LogP contribution in [0.5, 0.6) is 0 Å². The first-order chi connectivity index (χ1) is 21.6. The topological polar surface area (TPSA) is 0 Å². The molecule has 0 aromatic heterocycles. The Morgan fingerprint density at radius 3 is 2.32 bits per heavy atom. The summed E-state index contributed by atoms with van der Waals surface area (Å²) in [6, 6.07) is 16.5. The van der Waals surface area contributed by atoms with Crippen molar-refractivity contribution in [3.05, 3.63) is 152 Å². The van der Waals surface area contributed by atoms with Gasteiger partial charge in [0.2, 0.25) is 0 Å². The molecular formula is C44H44. The summed E-state index contributed by atoms with van der Waals surface area (Å²) in [5.74, 6) is 2.08. The fourth-order valence-electron chi connectivity index (χ4n) is 8.80.